The van der Waals surface area contributed by atoms with E-state index in [0.717, 1.165) is 37.2 Å². The second kappa shape index (κ2) is 7.00. The predicted molar refractivity (Wildman–Crippen MR) is 77.1 cm³/mol. The number of furan rings is 2. The third-order valence-electron chi connectivity index (χ3n) is 2.58. The summed E-state index contributed by atoms with van der Waals surface area (Å²) in [6, 6.07) is 4.09. The van der Waals surface area contributed by atoms with Crippen molar-refractivity contribution < 1.29 is 8.83 Å². The first-order valence-electron chi connectivity index (χ1n) is 6.32. The van der Waals surface area contributed by atoms with Crippen molar-refractivity contribution in [2.75, 3.05) is 0 Å². The van der Waals surface area contributed by atoms with Crippen molar-refractivity contribution in [2.24, 2.45) is 0 Å². The molecule has 98 valence electrons. The molecule has 2 aromatic heterocycles. The second-order valence-corrected chi connectivity index (χ2v) is 6.30. The van der Waals surface area contributed by atoms with Gasteiger partial charge in [0.2, 0.25) is 0 Å². The molecule has 2 aromatic rings. The summed E-state index contributed by atoms with van der Waals surface area (Å²) >= 11 is 0. The molecule has 2 nitrogen and oxygen atoms in total. The Morgan fingerprint density at radius 2 is 1.28 bits per heavy atom. The van der Waals surface area contributed by atoms with E-state index in [9.17, 15) is 0 Å². The molecule has 0 atom stereocenters. The monoisotopic (exact) mass is 282 g/mol. The normalized spacial score (nSPS) is 11.0. The Kier molecular flexibility index (Phi) is 5.32. The van der Waals surface area contributed by atoms with Gasteiger partial charge in [-0.25, -0.2) is 0 Å². The standard InChI is InChI=1S/C14H18O2S2/c1-3-5-11-13(7-9-15-11)17-18-14-8-10-16-12(14)6-4-2/h7-10H,3-6H2,1-2H3. The van der Waals surface area contributed by atoms with Gasteiger partial charge in [0.15, 0.2) is 0 Å². The molecular weight excluding hydrogens is 264 g/mol. The Labute approximate surface area is 116 Å². The fraction of sp³-hybridized carbons (Fsp3) is 0.429. The van der Waals surface area contributed by atoms with Crippen LogP contribution in [0.4, 0.5) is 0 Å². The van der Waals surface area contributed by atoms with Gasteiger partial charge in [-0.05, 0) is 46.6 Å². The van der Waals surface area contributed by atoms with Gasteiger partial charge in [-0.3, -0.25) is 0 Å². The van der Waals surface area contributed by atoms with Crippen LogP contribution >= 0.6 is 21.6 Å². The van der Waals surface area contributed by atoms with Crippen molar-refractivity contribution >= 4 is 21.6 Å². The fourth-order valence-electron chi connectivity index (χ4n) is 1.71. The maximum absolute atomic E-state index is 5.50. The lowest BCUT2D eigenvalue weighted by molar-refractivity contribution is 0.497. The Morgan fingerprint density at radius 3 is 1.67 bits per heavy atom. The summed E-state index contributed by atoms with van der Waals surface area (Å²) in [5.41, 5.74) is 0. The molecule has 0 saturated heterocycles. The Morgan fingerprint density at radius 1 is 0.833 bits per heavy atom. The van der Waals surface area contributed by atoms with Crippen molar-refractivity contribution in [1.82, 2.24) is 0 Å². The molecule has 0 aliphatic carbocycles. The van der Waals surface area contributed by atoms with Gasteiger partial charge in [0.25, 0.3) is 0 Å². The number of hydrogen-bond donors (Lipinski definition) is 0. The van der Waals surface area contributed by atoms with E-state index in [1.807, 2.05) is 12.1 Å². The van der Waals surface area contributed by atoms with Crippen LogP contribution < -0.4 is 0 Å². The van der Waals surface area contributed by atoms with Gasteiger partial charge in [-0.15, -0.1) is 0 Å². The Balaban J connectivity index is 1.98. The van der Waals surface area contributed by atoms with Crippen LogP contribution in [0.2, 0.25) is 0 Å². The highest BCUT2D eigenvalue weighted by Gasteiger charge is 2.10. The quantitative estimate of drug-likeness (QED) is 0.619. The van der Waals surface area contributed by atoms with E-state index in [-0.39, 0.29) is 0 Å². The molecular formula is C14H18O2S2. The summed E-state index contributed by atoms with van der Waals surface area (Å²) in [7, 11) is 3.51. The summed E-state index contributed by atoms with van der Waals surface area (Å²) in [5.74, 6) is 2.19. The molecule has 0 fully saturated rings. The molecule has 4 heteroatoms. The largest absolute Gasteiger partial charge is 0.468 e. The van der Waals surface area contributed by atoms with Crippen LogP contribution in [-0.2, 0) is 12.8 Å². The lowest BCUT2D eigenvalue weighted by Gasteiger charge is -2.01. The van der Waals surface area contributed by atoms with Crippen LogP contribution in [0.5, 0.6) is 0 Å². The summed E-state index contributed by atoms with van der Waals surface area (Å²) in [6.45, 7) is 4.33. The minimum absolute atomic E-state index is 1.00. The van der Waals surface area contributed by atoms with E-state index in [1.165, 1.54) is 9.79 Å². The van der Waals surface area contributed by atoms with Crippen molar-refractivity contribution in [3.05, 3.63) is 36.2 Å². The van der Waals surface area contributed by atoms with E-state index >= 15 is 0 Å². The lowest BCUT2D eigenvalue weighted by Crippen LogP contribution is -1.81. The van der Waals surface area contributed by atoms with Gasteiger partial charge in [0, 0.05) is 12.8 Å². The van der Waals surface area contributed by atoms with Gasteiger partial charge >= 0.3 is 0 Å². The molecule has 2 rings (SSSR count). The van der Waals surface area contributed by atoms with E-state index in [2.05, 4.69) is 13.8 Å². The van der Waals surface area contributed by atoms with Gasteiger partial charge in [0.05, 0.1) is 22.3 Å². The van der Waals surface area contributed by atoms with Gasteiger partial charge < -0.3 is 8.83 Å². The van der Waals surface area contributed by atoms with Crippen molar-refractivity contribution in [2.45, 2.75) is 49.3 Å². The molecule has 2 heterocycles. The Hall–Kier alpha value is -0.740. The smallest absolute Gasteiger partial charge is 0.118 e. The van der Waals surface area contributed by atoms with Crippen LogP contribution in [-0.4, -0.2) is 0 Å². The molecule has 0 aliphatic rings. The van der Waals surface area contributed by atoms with Crippen molar-refractivity contribution in [3.8, 4) is 0 Å². The molecule has 0 spiro atoms. The van der Waals surface area contributed by atoms with Gasteiger partial charge in [0.1, 0.15) is 11.5 Å². The van der Waals surface area contributed by atoms with Crippen LogP contribution in [0, 0.1) is 0 Å². The molecule has 0 bridgehead atoms. The maximum Gasteiger partial charge on any atom is 0.118 e. The maximum atomic E-state index is 5.50. The lowest BCUT2D eigenvalue weighted by atomic mass is 10.3. The van der Waals surface area contributed by atoms with Crippen LogP contribution in [0.25, 0.3) is 0 Å². The first-order valence-corrected chi connectivity index (χ1v) is 8.47. The highest BCUT2D eigenvalue weighted by atomic mass is 33.1. The fourth-order valence-corrected chi connectivity index (χ4v) is 4.03. The molecule has 0 unspecified atom stereocenters. The first kappa shape index (κ1) is 13.7. The van der Waals surface area contributed by atoms with Crippen LogP contribution in [0.15, 0.2) is 43.3 Å². The average Bonchev–Trinajstić information content (AvgIpc) is 2.97. The average molecular weight is 282 g/mol. The van der Waals surface area contributed by atoms with E-state index in [0.29, 0.717) is 0 Å². The molecule has 0 N–H and O–H groups in total. The highest BCUT2D eigenvalue weighted by Crippen LogP contribution is 2.41. The third-order valence-corrected chi connectivity index (χ3v) is 5.08. The van der Waals surface area contributed by atoms with Crippen molar-refractivity contribution in [1.29, 1.82) is 0 Å². The van der Waals surface area contributed by atoms with Gasteiger partial charge in [-0.2, -0.15) is 0 Å². The van der Waals surface area contributed by atoms with Crippen molar-refractivity contribution in [3.63, 3.8) is 0 Å². The minimum Gasteiger partial charge on any atom is -0.468 e. The molecule has 0 saturated carbocycles. The number of aryl methyl sites for hydroxylation is 2. The third kappa shape index (κ3) is 3.39. The zero-order valence-electron chi connectivity index (χ0n) is 10.8. The highest BCUT2D eigenvalue weighted by molar-refractivity contribution is 8.76. The first-order chi connectivity index (χ1) is 8.85. The zero-order chi connectivity index (χ0) is 12.8. The van der Waals surface area contributed by atoms with Crippen LogP contribution in [0.3, 0.4) is 0 Å². The van der Waals surface area contributed by atoms with Crippen LogP contribution in [0.1, 0.15) is 38.2 Å². The molecule has 0 amide bonds. The number of hydrogen-bond acceptors (Lipinski definition) is 4. The van der Waals surface area contributed by atoms with E-state index in [4.69, 9.17) is 8.83 Å². The summed E-state index contributed by atoms with van der Waals surface area (Å²) < 4.78 is 11.0. The molecule has 0 aliphatic heterocycles. The van der Waals surface area contributed by atoms with E-state index < -0.39 is 0 Å². The summed E-state index contributed by atoms with van der Waals surface area (Å²) in [6.07, 6.45) is 7.77. The predicted octanol–water partition coefficient (Wildman–Crippen LogP) is 5.58. The minimum atomic E-state index is 1.00. The molecule has 18 heavy (non-hydrogen) atoms. The zero-order valence-corrected chi connectivity index (χ0v) is 12.4. The van der Waals surface area contributed by atoms with Gasteiger partial charge in [-0.1, -0.05) is 13.8 Å². The summed E-state index contributed by atoms with van der Waals surface area (Å²) in [4.78, 5) is 2.45. The summed E-state index contributed by atoms with van der Waals surface area (Å²) in [5, 5.41) is 0. The van der Waals surface area contributed by atoms with E-state index in [1.54, 1.807) is 34.1 Å². The Bertz CT molecular complexity index is 429. The second-order valence-electron chi connectivity index (χ2n) is 4.08. The SMILES string of the molecule is CCCc1occc1SSc1ccoc1CCC. The molecule has 0 aromatic carbocycles. The molecule has 0 radical (unpaired) electrons. The number of rotatable bonds is 7. The topological polar surface area (TPSA) is 26.3 Å².